The Bertz CT molecular complexity index is 1080. The Balaban J connectivity index is 1.45. The molecule has 1 aliphatic rings. The topological polar surface area (TPSA) is 112 Å². The van der Waals surface area contributed by atoms with E-state index in [9.17, 15) is 9.18 Å². The first-order chi connectivity index (χ1) is 16.0. The Morgan fingerprint density at radius 2 is 2.09 bits per heavy atom. The highest BCUT2D eigenvalue weighted by molar-refractivity contribution is 5.88. The molecule has 3 aromatic rings. The number of carbonyl (C=O) groups excluding carboxylic acids is 1. The van der Waals surface area contributed by atoms with Gasteiger partial charge in [0.1, 0.15) is 5.69 Å². The van der Waals surface area contributed by atoms with Gasteiger partial charge in [-0.3, -0.25) is 5.10 Å². The summed E-state index contributed by atoms with van der Waals surface area (Å²) >= 11 is 0. The first-order valence-electron chi connectivity index (χ1n) is 11.7. The Morgan fingerprint density at radius 1 is 1.27 bits per heavy atom. The normalized spacial score (nSPS) is 15.9. The molecule has 1 fully saturated rings. The van der Waals surface area contributed by atoms with Crippen LogP contribution >= 0.6 is 0 Å². The number of carbonyl (C=O) groups is 1. The number of pyridine rings is 1. The average Bonchev–Trinajstić information content (AvgIpc) is 3.25. The summed E-state index contributed by atoms with van der Waals surface area (Å²) in [5.74, 6) is -0.0393. The van der Waals surface area contributed by atoms with Crippen molar-refractivity contribution >= 4 is 22.9 Å². The smallest absolute Gasteiger partial charge is 0.317 e. The number of nitrogens with one attached hydrogen (secondary N) is 3. The van der Waals surface area contributed by atoms with E-state index < -0.39 is 5.82 Å². The Labute approximate surface area is 192 Å². The van der Waals surface area contributed by atoms with E-state index in [-0.39, 0.29) is 23.9 Å². The average molecular weight is 455 g/mol. The molecule has 2 amide bonds. The molecule has 0 bridgehead atoms. The van der Waals surface area contributed by atoms with Crippen LogP contribution in [0.3, 0.4) is 0 Å². The minimum Gasteiger partial charge on any atom is -0.365 e. The van der Waals surface area contributed by atoms with Crippen molar-refractivity contribution in [2.45, 2.75) is 64.5 Å². The zero-order chi connectivity index (χ0) is 23.2. The summed E-state index contributed by atoms with van der Waals surface area (Å²) in [6.45, 7) is 5.68. The van der Waals surface area contributed by atoms with E-state index in [1.54, 1.807) is 12.3 Å². The van der Waals surface area contributed by atoms with Crippen molar-refractivity contribution in [3.63, 3.8) is 0 Å². The van der Waals surface area contributed by atoms with E-state index in [1.807, 2.05) is 17.9 Å². The van der Waals surface area contributed by atoms with Gasteiger partial charge < -0.3 is 15.5 Å². The maximum atomic E-state index is 14.6. The molecule has 9 nitrogen and oxygen atoms in total. The molecule has 10 heteroatoms. The number of H-pyrrole nitrogens is 1. The molecule has 0 radical (unpaired) electrons. The maximum absolute atomic E-state index is 14.6. The molecule has 0 spiro atoms. The van der Waals surface area contributed by atoms with E-state index in [2.05, 4.69) is 42.7 Å². The molecule has 4 heterocycles. The summed E-state index contributed by atoms with van der Waals surface area (Å²) in [6.07, 6.45) is 8.50. The maximum Gasteiger partial charge on any atom is 0.317 e. The molecule has 0 saturated carbocycles. The lowest BCUT2D eigenvalue weighted by molar-refractivity contribution is 0.182. The number of amides is 2. The van der Waals surface area contributed by atoms with Gasteiger partial charge in [-0.05, 0) is 51.2 Å². The predicted molar refractivity (Wildman–Crippen MR) is 125 cm³/mol. The van der Waals surface area contributed by atoms with Crippen LogP contribution in [0.5, 0.6) is 0 Å². The van der Waals surface area contributed by atoms with Crippen LogP contribution in [0.1, 0.15) is 52.4 Å². The van der Waals surface area contributed by atoms with Crippen molar-refractivity contribution in [3.05, 3.63) is 30.3 Å². The van der Waals surface area contributed by atoms with Gasteiger partial charge in [0.25, 0.3) is 0 Å². The van der Waals surface area contributed by atoms with Crippen LogP contribution in [0.2, 0.25) is 0 Å². The fraction of sp³-hybridized carbons (Fsp3) is 0.522. The Hall–Kier alpha value is -3.30. The lowest BCUT2D eigenvalue weighted by Crippen LogP contribution is -2.47. The van der Waals surface area contributed by atoms with Gasteiger partial charge in [-0.15, -0.1) is 0 Å². The molecule has 2 atom stereocenters. The number of halogens is 1. The number of rotatable bonds is 8. The van der Waals surface area contributed by atoms with Crippen LogP contribution in [0, 0.1) is 5.82 Å². The quantitative estimate of drug-likeness (QED) is 0.472. The largest absolute Gasteiger partial charge is 0.365 e. The molecule has 33 heavy (non-hydrogen) atoms. The summed E-state index contributed by atoms with van der Waals surface area (Å²) in [5.41, 5.74) is 1.15. The highest BCUT2D eigenvalue weighted by Gasteiger charge is 2.21. The summed E-state index contributed by atoms with van der Waals surface area (Å²) in [6, 6.07) is 3.54. The van der Waals surface area contributed by atoms with Crippen LogP contribution in [0.25, 0.3) is 22.6 Å². The van der Waals surface area contributed by atoms with Crippen molar-refractivity contribution < 1.29 is 9.18 Å². The lowest BCUT2D eigenvalue weighted by atomic mass is 10.0. The first kappa shape index (κ1) is 22.9. The molecule has 0 aromatic carbocycles. The minimum atomic E-state index is -0.521. The first-order valence-corrected chi connectivity index (χ1v) is 11.7. The molecule has 176 valence electrons. The summed E-state index contributed by atoms with van der Waals surface area (Å²) in [4.78, 5) is 27.2. The summed E-state index contributed by atoms with van der Waals surface area (Å²) < 4.78 is 14.6. The van der Waals surface area contributed by atoms with E-state index in [0.29, 0.717) is 23.6 Å². The highest BCUT2D eigenvalue weighted by atomic mass is 19.1. The zero-order valence-electron chi connectivity index (χ0n) is 19.1. The van der Waals surface area contributed by atoms with E-state index >= 15 is 0 Å². The van der Waals surface area contributed by atoms with Gasteiger partial charge in [0.05, 0.1) is 6.20 Å². The molecule has 1 saturated heterocycles. The fourth-order valence-corrected chi connectivity index (χ4v) is 4.29. The Morgan fingerprint density at radius 3 is 2.88 bits per heavy atom. The van der Waals surface area contributed by atoms with Gasteiger partial charge >= 0.3 is 6.03 Å². The number of hydrogen-bond acceptors (Lipinski definition) is 6. The van der Waals surface area contributed by atoms with Crippen LogP contribution in [0.15, 0.2) is 24.5 Å². The van der Waals surface area contributed by atoms with E-state index in [4.69, 9.17) is 0 Å². The van der Waals surface area contributed by atoms with Crippen molar-refractivity contribution in [2.75, 3.05) is 18.4 Å². The number of anilines is 1. The number of fused-ring (bicyclic) bond motifs is 1. The number of urea groups is 1. The predicted octanol–water partition coefficient (Wildman–Crippen LogP) is 4.11. The highest BCUT2D eigenvalue weighted by Crippen LogP contribution is 2.24. The lowest BCUT2D eigenvalue weighted by Gasteiger charge is -2.29. The van der Waals surface area contributed by atoms with Crippen LogP contribution in [-0.4, -0.2) is 61.3 Å². The van der Waals surface area contributed by atoms with Gasteiger partial charge in [-0.25, -0.2) is 24.1 Å². The fourth-order valence-electron chi connectivity index (χ4n) is 4.29. The van der Waals surface area contributed by atoms with Gasteiger partial charge in [0.15, 0.2) is 23.1 Å². The standard InChI is InChI=1S/C23H31FN8O/c1-3-8-16(13-15(2)27-23(33)32-11-5-4-6-12-32)28-21-18(24)14-26-22(29-21)19-17-9-7-10-25-20(17)31-30-19/h7,9-10,14-16H,3-6,8,11-13H2,1-2H3,(H,27,33)(H,25,30,31)(H,26,28,29). The monoisotopic (exact) mass is 454 g/mol. The number of nitrogens with zero attached hydrogens (tertiary/aromatic N) is 5. The summed E-state index contributed by atoms with van der Waals surface area (Å²) in [5, 5.41) is 14.2. The SMILES string of the molecule is CCCC(CC(C)NC(=O)N1CCCCC1)Nc1nc(-c2[nH]nc3ncccc23)ncc1F. The van der Waals surface area contributed by atoms with Crippen molar-refractivity contribution in [2.24, 2.45) is 0 Å². The van der Waals surface area contributed by atoms with Gasteiger partial charge in [-0.1, -0.05) is 13.3 Å². The summed E-state index contributed by atoms with van der Waals surface area (Å²) in [7, 11) is 0. The number of hydrogen-bond donors (Lipinski definition) is 3. The van der Waals surface area contributed by atoms with Crippen LogP contribution in [-0.2, 0) is 0 Å². The van der Waals surface area contributed by atoms with E-state index in [1.165, 1.54) is 6.42 Å². The number of piperidine rings is 1. The molecular formula is C23H31FN8O. The van der Waals surface area contributed by atoms with Gasteiger partial charge in [-0.2, -0.15) is 5.10 Å². The Kier molecular flexibility index (Phi) is 7.31. The van der Waals surface area contributed by atoms with Gasteiger partial charge in [0.2, 0.25) is 0 Å². The third-order valence-electron chi connectivity index (χ3n) is 5.93. The van der Waals surface area contributed by atoms with Crippen molar-refractivity contribution in [1.29, 1.82) is 0 Å². The molecular weight excluding hydrogens is 423 g/mol. The zero-order valence-corrected chi connectivity index (χ0v) is 19.1. The van der Waals surface area contributed by atoms with E-state index in [0.717, 1.165) is 50.4 Å². The second-order valence-corrected chi connectivity index (χ2v) is 8.63. The van der Waals surface area contributed by atoms with Crippen LogP contribution < -0.4 is 10.6 Å². The molecule has 1 aliphatic heterocycles. The van der Waals surface area contributed by atoms with Crippen molar-refractivity contribution in [1.82, 2.24) is 35.4 Å². The molecule has 0 aliphatic carbocycles. The minimum absolute atomic E-state index is 0.0207. The molecule has 2 unspecified atom stereocenters. The molecule has 4 rings (SSSR count). The van der Waals surface area contributed by atoms with Crippen molar-refractivity contribution in [3.8, 4) is 11.5 Å². The van der Waals surface area contributed by atoms with Gasteiger partial charge in [0, 0.05) is 36.8 Å². The number of aromatic amines is 1. The third-order valence-corrected chi connectivity index (χ3v) is 5.93. The third kappa shape index (κ3) is 5.55. The van der Waals surface area contributed by atoms with Crippen LogP contribution in [0.4, 0.5) is 15.0 Å². The molecule has 3 N–H and O–H groups in total. The molecule has 3 aromatic heterocycles. The second kappa shape index (κ2) is 10.5. The number of likely N-dealkylation sites (tertiary alicyclic amines) is 1. The second-order valence-electron chi connectivity index (χ2n) is 8.63. The number of aromatic nitrogens is 5.